The summed E-state index contributed by atoms with van der Waals surface area (Å²) in [4.78, 5) is 11.8. The highest BCUT2D eigenvalue weighted by Gasteiger charge is 2.25. The second-order valence-corrected chi connectivity index (χ2v) is 5.34. The molecule has 0 bridgehead atoms. The van der Waals surface area contributed by atoms with Crippen molar-refractivity contribution in [2.24, 2.45) is 5.73 Å². The summed E-state index contributed by atoms with van der Waals surface area (Å²) in [5, 5.41) is 0. The molecule has 0 amide bonds. The van der Waals surface area contributed by atoms with E-state index in [1.165, 1.54) is 16.6 Å². The van der Waals surface area contributed by atoms with Crippen LogP contribution >= 0.6 is 0 Å². The fraction of sp³-hybridized carbons (Fsp3) is 0.438. The molecular weight excluding hydrogens is 252 g/mol. The smallest absolute Gasteiger partial charge is 0.311 e. The predicted molar refractivity (Wildman–Crippen MR) is 77.7 cm³/mol. The van der Waals surface area contributed by atoms with Crippen LogP contribution in [0.1, 0.15) is 30.2 Å². The van der Waals surface area contributed by atoms with E-state index < -0.39 is 0 Å². The average Bonchev–Trinajstić information content (AvgIpc) is 2.74. The van der Waals surface area contributed by atoms with Crippen LogP contribution in [0.5, 0.6) is 0 Å². The molecule has 0 spiro atoms. The van der Waals surface area contributed by atoms with Gasteiger partial charge < -0.3 is 14.9 Å². The maximum absolute atomic E-state index is 11.8. The molecule has 2 aromatic rings. The van der Waals surface area contributed by atoms with Gasteiger partial charge in [0.05, 0.1) is 13.0 Å². The summed E-state index contributed by atoms with van der Waals surface area (Å²) in [6.07, 6.45) is 5.19. The van der Waals surface area contributed by atoms with E-state index in [4.69, 9.17) is 10.5 Å². The Kier molecular flexibility index (Phi) is 3.49. The largest absolute Gasteiger partial charge is 0.466 e. The van der Waals surface area contributed by atoms with E-state index in [1.807, 2.05) is 25.3 Å². The quantitative estimate of drug-likeness (QED) is 0.868. The first kappa shape index (κ1) is 13.2. The van der Waals surface area contributed by atoms with E-state index in [2.05, 4.69) is 10.5 Å². The molecule has 4 heteroatoms. The van der Waals surface area contributed by atoms with Crippen molar-refractivity contribution in [3.05, 3.63) is 41.2 Å². The Balaban J connectivity index is 2.09. The summed E-state index contributed by atoms with van der Waals surface area (Å²) in [5.74, 6) is -0.159. The predicted octanol–water partition coefficient (Wildman–Crippen LogP) is 1.86. The lowest BCUT2D eigenvalue weighted by atomic mass is 9.89. The molecular formula is C16H20N2O2. The molecule has 0 saturated heterocycles. The third-order valence-electron chi connectivity index (χ3n) is 4.02. The van der Waals surface area contributed by atoms with Crippen LogP contribution in [0.3, 0.4) is 0 Å². The molecule has 1 aliphatic rings. The van der Waals surface area contributed by atoms with Gasteiger partial charge in [0.25, 0.3) is 0 Å². The van der Waals surface area contributed by atoms with Gasteiger partial charge in [-0.05, 0) is 49.4 Å². The van der Waals surface area contributed by atoms with Crippen LogP contribution in [-0.2, 0) is 28.8 Å². The first-order chi connectivity index (χ1) is 9.70. The summed E-state index contributed by atoms with van der Waals surface area (Å²) >= 11 is 0. The molecule has 0 aromatic carbocycles. The van der Waals surface area contributed by atoms with E-state index in [0.717, 1.165) is 25.0 Å². The Morgan fingerprint density at radius 2 is 2.30 bits per heavy atom. The number of carbonyl (C=O) groups is 1. The van der Waals surface area contributed by atoms with Crippen LogP contribution in [0.2, 0.25) is 0 Å². The van der Waals surface area contributed by atoms with Crippen LogP contribution in [0, 0.1) is 0 Å². The molecule has 0 saturated carbocycles. The minimum atomic E-state index is -0.159. The zero-order valence-corrected chi connectivity index (χ0v) is 11.8. The number of fused-ring (bicyclic) bond motifs is 3. The van der Waals surface area contributed by atoms with Gasteiger partial charge in [0.15, 0.2) is 0 Å². The Labute approximate surface area is 118 Å². The number of ether oxygens (including phenoxy) is 1. The molecule has 3 rings (SSSR count). The zero-order valence-electron chi connectivity index (χ0n) is 11.8. The van der Waals surface area contributed by atoms with E-state index in [0.29, 0.717) is 13.0 Å². The van der Waals surface area contributed by atoms with Crippen molar-refractivity contribution in [3.8, 4) is 0 Å². The lowest BCUT2D eigenvalue weighted by Gasteiger charge is -2.19. The van der Waals surface area contributed by atoms with E-state index in [1.54, 1.807) is 0 Å². The summed E-state index contributed by atoms with van der Waals surface area (Å²) in [6, 6.07) is 6.35. The van der Waals surface area contributed by atoms with Gasteiger partial charge in [-0.2, -0.15) is 0 Å². The van der Waals surface area contributed by atoms with Gasteiger partial charge in [0, 0.05) is 23.4 Å². The fourth-order valence-corrected chi connectivity index (χ4v) is 3.16. The van der Waals surface area contributed by atoms with E-state index in [-0.39, 0.29) is 12.0 Å². The lowest BCUT2D eigenvalue weighted by Crippen LogP contribution is -2.27. The molecule has 1 aliphatic carbocycles. The molecule has 2 heterocycles. The van der Waals surface area contributed by atoms with Crippen LogP contribution in [-0.4, -0.2) is 23.0 Å². The first-order valence-electron chi connectivity index (χ1n) is 7.21. The number of carbonyl (C=O) groups excluding carboxylic acids is 1. The van der Waals surface area contributed by atoms with Crippen LogP contribution in [0.4, 0.5) is 0 Å². The number of pyridine rings is 1. The van der Waals surface area contributed by atoms with Crippen LogP contribution < -0.4 is 5.73 Å². The number of nitrogens with two attached hydrogens (primary N) is 1. The van der Waals surface area contributed by atoms with E-state index >= 15 is 0 Å². The Hall–Kier alpha value is -1.81. The first-order valence-corrected chi connectivity index (χ1v) is 7.21. The second-order valence-electron chi connectivity index (χ2n) is 5.34. The summed E-state index contributed by atoms with van der Waals surface area (Å²) in [6.45, 7) is 2.26. The zero-order chi connectivity index (χ0) is 14.1. The number of nitrogens with zero attached hydrogens (tertiary/aromatic N) is 1. The average molecular weight is 272 g/mol. The monoisotopic (exact) mass is 272 g/mol. The summed E-state index contributed by atoms with van der Waals surface area (Å²) < 4.78 is 7.22. The molecule has 1 unspecified atom stereocenters. The number of aromatic nitrogens is 1. The van der Waals surface area contributed by atoms with E-state index in [9.17, 15) is 4.79 Å². The number of esters is 1. The van der Waals surface area contributed by atoms with Crippen LogP contribution in [0.15, 0.2) is 24.4 Å². The van der Waals surface area contributed by atoms with Crippen molar-refractivity contribution in [2.75, 3.05) is 6.61 Å². The van der Waals surface area contributed by atoms with Gasteiger partial charge in [-0.3, -0.25) is 4.79 Å². The molecule has 20 heavy (non-hydrogen) atoms. The molecule has 2 aromatic heterocycles. The molecule has 0 fully saturated rings. The van der Waals surface area contributed by atoms with Crippen molar-refractivity contribution in [1.29, 1.82) is 0 Å². The van der Waals surface area contributed by atoms with Crippen LogP contribution in [0.25, 0.3) is 5.52 Å². The number of rotatable bonds is 3. The van der Waals surface area contributed by atoms with Crippen molar-refractivity contribution in [2.45, 2.75) is 38.6 Å². The normalized spacial score (nSPS) is 18.0. The van der Waals surface area contributed by atoms with Crippen molar-refractivity contribution < 1.29 is 9.53 Å². The minimum absolute atomic E-state index is 0.159. The van der Waals surface area contributed by atoms with Gasteiger partial charge in [-0.25, -0.2) is 0 Å². The fourth-order valence-electron chi connectivity index (χ4n) is 3.16. The van der Waals surface area contributed by atoms with Crippen molar-refractivity contribution in [1.82, 2.24) is 4.40 Å². The maximum atomic E-state index is 11.8. The third kappa shape index (κ3) is 2.20. The van der Waals surface area contributed by atoms with Gasteiger partial charge in [0.2, 0.25) is 0 Å². The summed E-state index contributed by atoms with van der Waals surface area (Å²) in [7, 11) is 0. The van der Waals surface area contributed by atoms with Crippen molar-refractivity contribution in [3.63, 3.8) is 0 Å². The molecule has 106 valence electrons. The second kappa shape index (κ2) is 5.29. The third-order valence-corrected chi connectivity index (χ3v) is 4.02. The number of hydrogen-bond acceptors (Lipinski definition) is 3. The molecule has 2 N–H and O–H groups in total. The van der Waals surface area contributed by atoms with Gasteiger partial charge in [-0.1, -0.05) is 6.07 Å². The molecule has 0 radical (unpaired) electrons. The topological polar surface area (TPSA) is 56.7 Å². The number of hydrogen-bond donors (Lipinski definition) is 1. The Morgan fingerprint density at radius 1 is 1.45 bits per heavy atom. The highest BCUT2D eigenvalue weighted by molar-refractivity contribution is 5.75. The van der Waals surface area contributed by atoms with Crippen molar-refractivity contribution >= 4 is 11.5 Å². The highest BCUT2D eigenvalue weighted by atomic mass is 16.5. The Bertz CT molecular complexity index is 645. The molecule has 4 nitrogen and oxygen atoms in total. The Morgan fingerprint density at radius 3 is 3.10 bits per heavy atom. The standard InChI is InChI=1S/C16H20N2O2/c1-2-20-16(19)10-15-12-7-6-11(17)9-13(12)14-5-3-4-8-18(14)15/h3-5,8,11H,2,6-7,9-10,17H2,1H3. The van der Waals surface area contributed by atoms with Gasteiger partial charge in [0.1, 0.15) is 0 Å². The maximum Gasteiger partial charge on any atom is 0.311 e. The van der Waals surface area contributed by atoms with Gasteiger partial charge >= 0.3 is 5.97 Å². The minimum Gasteiger partial charge on any atom is -0.466 e. The summed E-state index contributed by atoms with van der Waals surface area (Å²) in [5.41, 5.74) is 11.0. The molecule has 0 aliphatic heterocycles. The lowest BCUT2D eigenvalue weighted by molar-refractivity contribution is -0.142. The SMILES string of the molecule is CCOC(=O)Cc1c2c(c3ccccn13)CC(N)CC2. The van der Waals surface area contributed by atoms with Gasteiger partial charge in [-0.15, -0.1) is 0 Å². The highest BCUT2D eigenvalue weighted by Crippen LogP contribution is 2.30. The molecule has 1 atom stereocenters.